The van der Waals surface area contributed by atoms with Crippen LogP contribution in [0.1, 0.15) is 16.6 Å². The maximum Gasteiger partial charge on any atom is 0.349 e. The van der Waals surface area contributed by atoms with E-state index in [4.69, 9.17) is 10.8 Å². The molecule has 0 saturated heterocycles. The van der Waals surface area contributed by atoms with Gasteiger partial charge in [0.25, 0.3) is 0 Å². The molecule has 4 N–H and O–H groups in total. The van der Waals surface area contributed by atoms with E-state index < -0.39 is 5.97 Å². The highest BCUT2D eigenvalue weighted by Crippen LogP contribution is 2.24. The van der Waals surface area contributed by atoms with Crippen LogP contribution in [0.5, 0.6) is 0 Å². The van der Waals surface area contributed by atoms with E-state index in [0.29, 0.717) is 11.7 Å². The summed E-state index contributed by atoms with van der Waals surface area (Å²) < 4.78 is 0. The van der Waals surface area contributed by atoms with Crippen LogP contribution in [0.15, 0.2) is 0 Å². The van der Waals surface area contributed by atoms with E-state index in [0.717, 1.165) is 11.3 Å². The van der Waals surface area contributed by atoms with Crippen molar-refractivity contribution in [1.82, 2.24) is 4.98 Å². The number of hydrogen-bond donors (Lipinski definition) is 3. The number of aromatic nitrogens is 1. The largest absolute Gasteiger partial charge is 0.477 e. The molecule has 1 aromatic rings. The van der Waals surface area contributed by atoms with Crippen molar-refractivity contribution in [3.8, 4) is 0 Å². The molecule has 0 fully saturated rings. The number of nitrogens with one attached hydrogen (secondary N) is 1. The van der Waals surface area contributed by atoms with E-state index in [9.17, 15) is 4.79 Å². The Hall–Kier alpha value is -1.30. The summed E-state index contributed by atoms with van der Waals surface area (Å²) >= 11 is 1.05. The number of thiazole rings is 1. The lowest BCUT2D eigenvalue weighted by Gasteiger charge is -1.92. The maximum atomic E-state index is 10.5. The van der Waals surface area contributed by atoms with Crippen molar-refractivity contribution in [1.29, 1.82) is 0 Å². The molecule has 1 heterocycles. The topological polar surface area (TPSA) is 88.2 Å². The molecule has 0 atom stereocenters. The first kappa shape index (κ1) is 8.79. The van der Waals surface area contributed by atoms with Crippen LogP contribution < -0.4 is 11.1 Å². The van der Waals surface area contributed by atoms with Crippen LogP contribution in [0.2, 0.25) is 0 Å². The van der Waals surface area contributed by atoms with Crippen molar-refractivity contribution in [2.45, 2.75) is 6.92 Å². The van der Waals surface area contributed by atoms with E-state index in [1.165, 1.54) is 0 Å². The van der Waals surface area contributed by atoms with Gasteiger partial charge >= 0.3 is 5.97 Å². The van der Waals surface area contributed by atoms with Crippen molar-refractivity contribution in [2.24, 2.45) is 0 Å². The predicted molar refractivity (Wildman–Crippen MR) is 47.6 cm³/mol. The maximum absolute atomic E-state index is 10.5. The number of carbonyl (C=O) groups is 1. The molecule has 0 radical (unpaired) electrons. The molecular formula is C6H9N3O2S. The van der Waals surface area contributed by atoms with Crippen molar-refractivity contribution >= 4 is 28.3 Å². The van der Waals surface area contributed by atoms with Gasteiger partial charge in [0.1, 0.15) is 0 Å². The first-order valence-electron chi connectivity index (χ1n) is 3.38. The van der Waals surface area contributed by atoms with Gasteiger partial charge < -0.3 is 16.2 Å². The highest BCUT2D eigenvalue weighted by atomic mass is 32.1. The van der Waals surface area contributed by atoms with Gasteiger partial charge in [-0.05, 0) is 6.92 Å². The molecule has 0 amide bonds. The van der Waals surface area contributed by atoms with Crippen molar-refractivity contribution < 1.29 is 9.90 Å². The molecule has 0 spiro atoms. The number of nitrogens with zero attached hydrogens (tertiary/aromatic N) is 1. The molecule has 12 heavy (non-hydrogen) atoms. The van der Waals surface area contributed by atoms with E-state index in [2.05, 4.69) is 10.3 Å². The fourth-order valence-electron chi connectivity index (χ4n) is 0.712. The molecule has 5 nitrogen and oxygen atoms in total. The third-order valence-electron chi connectivity index (χ3n) is 1.18. The standard InChI is InChI=1S/C6H9N3O2S/c1-2-8-6-9-4(7)3(12-6)5(10)11/h2,7H2,1H3,(H,8,9)(H,10,11). The first-order chi connectivity index (χ1) is 5.65. The molecule has 0 aliphatic heterocycles. The lowest BCUT2D eigenvalue weighted by Crippen LogP contribution is -1.98. The Bertz CT molecular complexity index is 297. The minimum atomic E-state index is -1.03. The van der Waals surface area contributed by atoms with Gasteiger partial charge in [-0.2, -0.15) is 0 Å². The minimum Gasteiger partial charge on any atom is -0.477 e. The molecule has 0 aliphatic carbocycles. The molecule has 0 unspecified atom stereocenters. The summed E-state index contributed by atoms with van der Waals surface area (Å²) in [6, 6.07) is 0. The summed E-state index contributed by atoms with van der Waals surface area (Å²) in [5.74, 6) is -0.961. The zero-order valence-electron chi connectivity index (χ0n) is 6.50. The Balaban J connectivity index is 2.92. The lowest BCUT2D eigenvalue weighted by molar-refractivity contribution is 0.0703. The molecule has 66 valence electrons. The van der Waals surface area contributed by atoms with Crippen LogP contribution in [-0.2, 0) is 0 Å². The molecule has 0 bridgehead atoms. The highest BCUT2D eigenvalue weighted by Gasteiger charge is 2.13. The molecule has 0 aromatic carbocycles. The summed E-state index contributed by atoms with van der Waals surface area (Å²) in [4.78, 5) is 14.4. The lowest BCUT2D eigenvalue weighted by atomic mass is 10.5. The van der Waals surface area contributed by atoms with E-state index in [1.54, 1.807) is 0 Å². The molecule has 1 aromatic heterocycles. The summed E-state index contributed by atoms with van der Waals surface area (Å²) in [5, 5.41) is 12.0. The Morgan fingerprint density at radius 1 is 1.83 bits per heavy atom. The van der Waals surface area contributed by atoms with Crippen molar-refractivity contribution in [3.63, 3.8) is 0 Å². The van der Waals surface area contributed by atoms with Gasteiger partial charge in [0.15, 0.2) is 15.8 Å². The van der Waals surface area contributed by atoms with Gasteiger partial charge in [-0.3, -0.25) is 0 Å². The number of carboxylic acids is 1. The van der Waals surface area contributed by atoms with Crippen LogP contribution in [0.4, 0.5) is 10.9 Å². The summed E-state index contributed by atoms with van der Waals surface area (Å²) in [7, 11) is 0. The fourth-order valence-corrected chi connectivity index (χ4v) is 1.50. The smallest absolute Gasteiger partial charge is 0.349 e. The quantitative estimate of drug-likeness (QED) is 0.653. The molecule has 1 rings (SSSR count). The van der Waals surface area contributed by atoms with E-state index in [1.807, 2.05) is 6.92 Å². The zero-order valence-corrected chi connectivity index (χ0v) is 7.31. The average molecular weight is 187 g/mol. The summed E-state index contributed by atoms with van der Waals surface area (Å²) in [6.45, 7) is 2.60. The van der Waals surface area contributed by atoms with Gasteiger partial charge in [-0.25, -0.2) is 9.78 Å². The van der Waals surface area contributed by atoms with Gasteiger partial charge in [0.2, 0.25) is 0 Å². The first-order valence-corrected chi connectivity index (χ1v) is 4.20. The Morgan fingerprint density at radius 2 is 2.50 bits per heavy atom. The van der Waals surface area contributed by atoms with Crippen LogP contribution >= 0.6 is 11.3 Å². The zero-order chi connectivity index (χ0) is 9.14. The van der Waals surface area contributed by atoms with E-state index >= 15 is 0 Å². The molecule has 0 aliphatic rings. The van der Waals surface area contributed by atoms with Crippen LogP contribution in [0.25, 0.3) is 0 Å². The second-order valence-corrected chi connectivity index (χ2v) is 3.07. The van der Waals surface area contributed by atoms with Gasteiger partial charge in [0, 0.05) is 6.54 Å². The number of rotatable bonds is 3. The number of carboxylic acid groups (broad SMARTS) is 1. The summed E-state index contributed by atoms with van der Waals surface area (Å²) in [5.41, 5.74) is 5.35. The number of nitrogens with two attached hydrogens (primary N) is 1. The second-order valence-electron chi connectivity index (χ2n) is 2.07. The average Bonchev–Trinajstić information content (AvgIpc) is 2.32. The third-order valence-corrected chi connectivity index (χ3v) is 2.19. The number of hydrogen-bond acceptors (Lipinski definition) is 5. The van der Waals surface area contributed by atoms with Gasteiger partial charge in [0.05, 0.1) is 0 Å². The fraction of sp³-hybridized carbons (Fsp3) is 0.333. The van der Waals surface area contributed by atoms with Crippen LogP contribution in [0, 0.1) is 0 Å². The van der Waals surface area contributed by atoms with Crippen molar-refractivity contribution in [2.75, 3.05) is 17.6 Å². The number of aromatic carboxylic acids is 1. The van der Waals surface area contributed by atoms with Gasteiger partial charge in [-0.1, -0.05) is 11.3 Å². The minimum absolute atomic E-state index is 0.0726. The molecular weight excluding hydrogens is 178 g/mol. The Kier molecular flexibility index (Phi) is 2.49. The summed E-state index contributed by atoms with van der Waals surface area (Å²) in [6.07, 6.45) is 0. The third kappa shape index (κ3) is 1.65. The Labute approximate surface area is 73.2 Å². The number of nitrogen functional groups attached to an aromatic ring is 1. The van der Waals surface area contributed by atoms with E-state index in [-0.39, 0.29) is 10.7 Å². The second kappa shape index (κ2) is 3.40. The Morgan fingerprint density at radius 3 is 2.92 bits per heavy atom. The van der Waals surface area contributed by atoms with Crippen LogP contribution in [-0.4, -0.2) is 22.6 Å². The monoisotopic (exact) mass is 187 g/mol. The molecule has 0 saturated carbocycles. The number of anilines is 2. The van der Waals surface area contributed by atoms with Crippen molar-refractivity contribution in [3.05, 3.63) is 4.88 Å². The SMILES string of the molecule is CCNc1nc(N)c(C(=O)O)s1. The predicted octanol–water partition coefficient (Wildman–Crippen LogP) is 0.855. The van der Waals surface area contributed by atoms with Gasteiger partial charge in [-0.15, -0.1) is 0 Å². The molecule has 6 heteroatoms. The van der Waals surface area contributed by atoms with Crippen LogP contribution in [0.3, 0.4) is 0 Å². The normalized spacial score (nSPS) is 9.75. The highest BCUT2D eigenvalue weighted by molar-refractivity contribution is 7.17.